The molecule has 84 valence electrons. The molecule has 0 aromatic rings. The van der Waals surface area contributed by atoms with E-state index in [0.717, 1.165) is 0 Å². The van der Waals surface area contributed by atoms with Crippen molar-refractivity contribution >= 4 is 5.90 Å². The summed E-state index contributed by atoms with van der Waals surface area (Å²) in [5.41, 5.74) is -1.45. The van der Waals surface area contributed by atoms with Crippen LogP contribution in [0.25, 0.3) is 0 Å². The van der Waals surface area contributed by atoms with Crippen LogP contribution in [0, 0.1) is 0 Å². The van der Waals surface area contributed by atoms with E-state index in [1.807, 2.05) is 0 Å². The second-order valence-corrected chi connectivity index (χ2v) is 4.62. The van der Waals surface area contributed by atoms with Gasteiger partial charge in [0.15, 0.2) is 0 Å². The third-order valence-corrected chi connectivity index (χ3v) is 1.60. The van der Waals surface area contributed by atoms with E-state index in [1.54, 1.807) is 21.0 Å². The molecule has 0 aromatic carbocycles. The van der Waals surface area contributed by atoms with Gasteiger partial charge in [-0.15, -0.1) is 5.10 Å². The molecule has 5 nitrogen and oxygen atoms in total. The van der Waals surface area contributed by atoms with Gasteiger partial charge in [0.05, 0.1) is 25.6 Å². The van der Waals surface area contributed by atoms with Crippen LogP contribution in [0.3, 0.4) is 0 Å². The van der Waals surface area contributed by atoms with Crippen molar-refractivity contribution in [3.63, 3.8) is 0 Å². The Labute approximate surface area is 84.9 Å². The lowest BCUT2D eigenvalue weighted by Crippen LogP contribution is -2.48. The number of likely N-dealkylation sites (N-methyl/N-ethyl adjacent to an activating group) is 1. The minimum Gasteiger partial charge on any atom is -0.856 e. The maximum absolute atomic E-state index is 11.3. The summed E-state index contributed by atoms with van der Waals surface area (Å²) in [4.78, 5) is 0. The molecule has 14 heavy (non-hydrogen) atoms. The SMILES string of the molecule is CC(O)C[N+](C)(C)/N=C(\[O-])C(C)(C)O. The third-order valence-electron chi connectivity index (χ3n) is 1.60. The van der Waals surface area contributed by atoms with Crippen LogP contribution in [0.1, 0.15) is 20.8 Å². The fourth-order valence-electron chi connectivity index (χ4n) is 1.06. The van der Waals surface area contributed by atoms with Crippen molar-refractivity contribution in [1.82, 2.24) is 0 Å². The molecule has 0 aliphatic carbocycles. The van der Waals surface area contributed by atoms with Crippen molar-refractivity contribution in [2.24, 2.45) is 5.10 Å². The van der Waals surface area contributed by atoms with E-state index in [-0.39, 0.29) is 4.59 Å². The zero-order chi connectivity index (χ0) is 11.6. The molecule has 0 rings (SSSR count). The molecule has 0 aliphatic rings. The fraction of sp³-hybridized carbons (Fsp3) is 0.889. The Morgan fingerprint density at radius 3 is 2.21 bits per heavy atom. The number of hydrogen-bond donors (Lipinski definition) is 2. The Hall–Kier alpha value is -0.650. The number of nitrogens with zero attached hydrogens (tertiary/aromatic N) is 2. The quantitative estimate of drug-likeness (QED) is 0.264. The average Bonchev–Trinajstić information content (AvgIpc) is 1.79. The topological polar surface area (TPSA) is 75.9 Å². The second kappa shape index (κ2) is 4.25. The largest absolute Gasteiger partial charge is 0.856 e. The zero-order valence-electron chi connectivity index (χ0n) is 9.48. The van der Waals surface area contributed by atoms with Crippen LogP contribution in [0.4, 0.5) is 0 Å². The zero-order valence-corrected chi connectivity index (χ0v) is 9.48. The molecule has 0 spiro atoms. The van der Waals surface area contributed by atoms with Crippen LogP contribution >= 0.6 is 0 Å². The summed E-state index contributed by atoms with van der Waals surface area (Å²) in [7, 11) is 3.38. The highest BCUT2D eigenvalue weighted by Gasteiger charge is 2.21. The van der Waals surface area contributed by atoms with Gasteiger partial charge in [-0.25, -0.2) is 4.59 Å². The van der Waals surface area contributed by atoms with Gasteiger partial charge in [0.25, 0.3) is 0 Å². The van der Waals surface area contributed by atoms with Gasteiger partial charge in [0.2, 0.25) is 0 Å². The van der Waals surface area contributed by atoms with Crippen LogP contribution in [0.2, 0.25) is 0 Å². The van der Waals surface area contributed by atoms with E-state index in [2.05, 4.69) is 5.10 Å². The number of hydrogen-bond acceptors (Lipinski definition) is 4. The first-order chi connectivity index (χ1) is 6.04. The van der Waals surface area contributed by atoms with Crippen molar-refractivity contribution < 1.29 is 19.9 Å². The lowest BCUT2D eigenvalue weighted by molar-refractivity contribution is -0.901. The smallest absolute Gasteiger partial charge is 0.128 e. The maximum atomic E-state index is 11.3. The van der Waals surface area contributed by atoms with Gasteiger partial charge in [-0.3, -0.25) is 0 Å². The molecule has 0 aliphatic heterocycles. The predicted octanol–water partition coefficient (Wildman–Crippen LogP) is -1.11. The number of rotatable bonds is 4. The van der Waals surface area contributed by atoms with Gasteiger partial charge in [0.1, 0.15) is 12.6 Å². The van der Waals surface area contributed by atoms with E-state index >= 15 is 0 Å². The molecular weight excluding hydrogens is 184 g/mol. The Balaban J connectivity index is 4.62. The van der Waals surface area contributed by atoms with E-state index in [4.69, 9.17) is 5.11 Å². The predicted molar refractivity (Wildman–Crippen MR) is 52.4 cm³/mol. The van der Waals surface area contributed by atoms with Crippen LogP contribution in [-0.4, -0.2) is 53.0 Å². The molecular formula is C9H20N2O3. The molecule has 1 atom stereocenters. The van der Waals surface area contributed by atoms with E-state index in [0.29, 0.717) is 6.54 Å². The first kappa shape index (κ1) is 13.4. The molecule has 5 heteroatoms. The molecule has 0 heterocycles. The first-order valence-electron chi connectivity index (χ1n) is 4.56. The Bertz CT molecular complexity index is 217. The molecule has 1 unspecified atom stereocenters. The van der Waals surface area contributed by atoms with Crippen molar-refractivity contribution in [3.8, 4) is 0 Å². The molecule has 2 N–H and O–H groups in total. The molecule has 0 amide bonds. The van der Waals surface area contributed by atoms with Gasteiger partial charge < -0.3 is 15.3 Å². The van der Waals surface area contributed by atoms with Crippen molar-refractivity contribution in [1.29, 1.82) is 0 Å². The Morgan fingerprint density at radius 1 is 1.50 bits per heavy atom. The van der Waals surface area contributed by atoms with Gasteiger partial charge in [0, 0.05) is 0 Å². The lowest BCUT2D eigenvalue weighted by Gasteiger charge is -2.30. The molecule has 0 saturated heterocycles. The number of aliphatic hydroxyl groups excluding tert-OH is 1. The number of quaternary nitrogens is 1. The normalized spacial score (nSPS) is 16.9. The van der Waals surface area contributed by atoms with Gasteiger partial charge in [-0.1, -0.05) is 0 Å². The minimum absolute atomic E-state index is 0.0144. The lowest BCUT2D eigenvalue weighted by atomic mass is 10.1. The summed E-state index contributed by atoms with van der Waals surface area (Å²) in [6.07, 6.45) is -0.539. The summed E-state index contributed by atoms with van der Waals surface area (Å²) < 4.78 is 0.0144. The molecule has 0 saturated carbocycles. The standard InChI is InChI=1S/C9H20N2O3/c1-7(12)6-11(4,5)10-8(13)9(2,3)14/h7,12,14H,6H2,1-5H3. The van der Waals surface area contributed by atoms with E-state index in [1.165, 1.54) is 13.8 Å². The minimum atomic E-state index is -1.45. The highest BCUT2D eigenvalue weighted by atomic mass is 16.3. The Kier molecular flexibility index (Phi) is 4.05. The number of aliphatic hydroxyl groups is 2. The first-order valence-corrected chi connectivity index (χ1v) is 4.56. The monoisotopic (exact) mass is 204 g/mol. The van der Waals surface area contributed by atoms with Crippen molar-refractivity contribution in [2.75, 3.05) is 20.6 Å². The summed E-state index contributed by atoms with van der Waals surface area (Å²) in [6, 6.07) is 0. The highest BCUT2D eigenvalue weighted by molar-refractivity contribution is 5.79. The third kappa shape index (κ3) is 5.16. The summed E-state index contributed by atoms with van der Waals surface area (Å²) in [6.45, 7) is 4.74. The summed E-state index contributed by atoms with van der Waals surface area (Å²) in [5.74, 6) is -0.580. The van der Waals surface area contributed by atoms with E-state index < -0.39 is 17.6 Å². The fourth-order valence-corrected chi connectivity index (χ4v) is 1.06. The van der Waals surface area contributed by atoms with Crippen LogP contribution < -0.4 is 5.11 Å². The van der Waals surface area contributed by atoms with Crippen LogP contribution in [-0.2, 0) is 0 Å². The summed E-state index contributed by atoms with van der Waals surface area (Å²) in [5, 5.41) is 33.7. The Morgan fingerprint density at radius 2 is 1.93 bits per heavy atom. The maximum Gasteiger partial charge on any atom is 0.128 e. The molecule has 0 radical (unpaired) electrons. The van der Waals surface area contributed by atoms with Gasteiger partial charge in [-0.2, -0.15) is 0 Å². The highest BCUT2D eigenvalue weighted by Crippen LogP contribution is 2.06. The van der Waals surface area contributed by atoms with Crippen molar-refractivity contribution in [3.05, 3.63) is 0 Å². The molecule has 0 fully saturated rings. The van der Waals surface area contributed by atoms with Gasteiger partial charge in [-0.05, 0) is 20.8 Å². The van der Waals surface area contributed by atoms with E-state index in [9.17, 15) is 10.2 Å². The van der Waals surface area contributed by atoms with Crippen molar-refractivity contribution in [2.45, 2.75) is 32.5 Å². The summed E-state index contributed by atoms with van der Waals surface area (Å²) >= 11 is 0. The second-order valence-electron chi connectivity index (χ2n) is 4.62. The van der Waals surface area contributed by atoms with Crippen LogP contribution in [0.15, 0.2) is 5.10 Å². The molecule has 0 aromatic heterocycles. The van der Waals surface area contributed by atoms with Crippen LogP contribution in [0.5, 0.6) is 0 Å². The van der Waals surface area contributed by atoms with Gasteiger partial charge >= 0.3 is 0 Å². The molecule has 0 bridgehead atoms. The average molecular weight is 204 g/mol.